The Morgan fingerprint density at radius 3 is 2.36 bits per heavy atom. The maximum atomic E-state index is 13.8. The van der Waals surface area contributed by atoms with Gasteiger partial charge in [-0.25, -0.2) is 13.2 Å². The summed E-state index contributed by atoms with van der Waals surface area (Å²) in [6.07, 6.45) is 0.968. The molecule has 2 aliphatic rings. The Balaban J connectivity index is 1.66. The number of hydrogen-bond donors (Lipinski definition) is 0. The van der Waals surface area contributed by atoms with Crippen molar-refractivity contribution in [2.75, 3.05) is 31.1 Å². The van der Waals surface area contributed by atoms with Crippen LogP contribution in [-0.4, -0.2) is 62.3 Å². The van der Waals surface area contributed by atoms with Crippen molar-refractivity contribution in [2.24, 2.45) is 0 Å². The van der Waals surface area contributed by atoms with Crippen molar-refractivity contribution in [1.29, 1.82) is 0 Å². The molecule has 0 N–H and O–H groups in total. The van der Waals surface area contributed by atoms with Crippen molar-refractivity contribution >= 4 is 17.0 Å². The van der Waals surface area contributed by atoms with Gasteiger partial charge < -0.3 is 14.2 Å². The van der Waals surface area contributed by atoms with E-state index in [0.29, 0.717) is 50.8 Å². The van der Waals surface area contributed by atoms with Gasteiger partial charge in [-0.1, -0.05) is 0 Å². The monoisotopic (exact) mass is 484 g/mol. The molecular weight excluding hydrogens is 457 g/mol. The molecule has 1 aromatic carbocycles. The highest BCUT2D eigenvalue weighted by atomic mass is 32.2. The van der Waals surface area contributed by atoms with Gasteiger partial charge in [0.25, 0.3) is 0 Å². The molecule has 1 saturated carbocycles. The molecular formula is C22H27F3N4O3S. The number of aromatic nitrogens is 2. The molecule has 1 aliphatic carbocycles. The second-order valence-corrected chi connectivity index (χ2v) is 10.6. The van der Waals surface area contributed by atoms with Gasteiger partial charge in [0.05, 0.1) is 25.0 Å². The Morgan fingerprint density at radius 1 is 1.12 bits per heavy atom. The largest absolute Gasteiger partial charge is 0.598 e. The van der Waals surface area contributed by atoms with Crippen molar-refractivity contribution in [2.45, 2.75) is 50.6 Å². The third kappa shape index (κ3) is 5.30. The first kappa shape index (κ1) is 23.9. The highest BCUT2D eigenvalue weighted by Crippen LogP contribution is 2.31. The molecule has 180 valence electrons. The Kier molecular flexibility index (Phi) is 7.20. The van der Waals surface area contributed by atoms with Gasteiger partial charge in [0, 0.05) is 36.9 Å². The van der Waals surface area contributed by atoms with Gasteiger partial charge in [0.15, 0.2) is 0 Å². The molecule has 1 aliphatic heterocycles. The molecule has 7 nitrogen and oxygen atoms in total. The van der Waals surface area contributed by atoms with Crippen LogP contribution >= 0.6 is 0 Å². The maximum absolute atomic E-state index is 13.8. The minimum Gasteiger partial charge on any atom is -0.598 e. The van der Waals surface area contributed by atoms with Crippen LogP contribution in [0.2, 0.25) is 0 Å². The Bertz CT molecular complexity index is 1030. The second kappa shape index (κ2) is 9.94. The molecule has 3 atom stereocenters. The second-order valence-electron chi connectivity index (χ2n) is 8.59. The van der Waals surface area contributed by atoms with Crippen LogP contribution in [-0.2, 0) is 11.4 Å². The van der Waals surface area contributed by atoms with Crippen molar-refractivity contribution in [3.05, 3.63) is 46.4 Å². The molecule has 4 rings (SSSR count). The number of rotatable bonds is 6. The number of benzene rings is 1. The average Bonchev–Trinajstić information content (AvgIpc) is 3.18. The summed E-state index contributed by atoms with van der Waals surface area (Å²) >= 11 is -1.10. The highest BCUT2D eigenvalue weighted by molar-refractivity contribution is 7.89. The van der Waals surface area contributed by atoms with Crippen LogP contribution < -0.4 is 15.2 Å². The molecule has 0 amide bonds. The van der Waals surface area contributed by atoms with Gasteiger partial charge in [-0.15, -0.1) is 4.31 Å². The topological polar surface area (TPSA) is 73.7 Å². The van der Waals surface area contributed by atoms with Gasteiger partial charge in [0.2, 0.25) is 5.75 Å². The summed E-state index contributed by atoms with van der Waals surface area (Å²) in [6.45, 7) is 5.83. The lowest BCUT2D eigenvalue weighted by molar-refractivity contribution is 0.193. The van der Waals surface area contributed by atoms with Crippen LogP contribution in [0.3, 0.4) is 0 Å². The van der Waals surface area contributed by atoms with Gasteiger partial charge >= 0.3 is 5.56 Å². The molecule has 2 aromatic rings. The fourth-order valence-corrected chi connectivity index (χ4v) is 5.30. The van der Waals surface area contributed by atoms with Crippen molar-refractivity contribution in [3.63, 3.8) is 0 Å². The summed E-state index contributed by atoms with van der Waals surface area (Å²) < 4.78 is 62.4. The number of ether oxygens (including phenoxy) is 1. The van der Waals surface area contributed by atoms with E-state index in [2.05, 4.69) is 5.10 Å². The number of anilines is 1. The fraction of sp³-hybridized carbons (Fsp3) is 0.545. The molecule has 0 spiro atoms. The van der Waals surface area contributed by atoms with Gasteiger partial charge in [-0.05, 0) is 38.8 Å². The van der Waals surface area contributed by atoms with Crippen LogP contribution in [0.1, 0.15) is 33.1 Å². The SMILES string of the molecule is CC(C)[S@@+]([O-])N1CCN(c2cnn(-c3cc(F)cc(F)c3)c(=O)c2OC2CCC(F)C2)CC1. The van der Waals surface area contributed by atoms with Crippen molar-refractivity contribution < 1.29 is 22.5 Å². The van der Waals surface area contributed by atoms with E-state index in [4.69, 9.17) is 4.74 Å². The summed E-state index contributed by atoms with van der Waals surface area (Å²) in [5.41, 5.74) is -0.306. The van der Waals surface area contributed by atoms with Crippen molar-refractivity contribution in [3.8, 4) is 11.4 Å². The normalized spacial score (nSPS) is 22.7. The predicted molar refractivity (Wildman–Crippen MR) is 120 cm³/mol. The van der Waals surface area contributed by atoms with Gasteiger partial charge in [0.1, 0.15) is 34.8 Å². The zero-order valence-corrected chi connectivity index (χ0v) is 19.4. The van der Waals surface area contributed by atoms with E-state index in [1.54, 1.807) is 0 Å². The Hall–Kier alpha value is -2.24. The van der Waals surface area contributed by atoms with Crippen LogP contribution in [0.15, 0.2) is 29.2 Å². The Labute approximate surface area is 193 Å². The fourth-order valence-electron chi connectivity index (χ4n) is 4.18. The molecule has 0 bridgehead atoms. The molecule has 2 unspecified atom stereocenters. The van der Waals surface area contributed by atoms with Crippen molar-refractivity contribution in [1.82, 2.24) is 14.1 Å². The number of hydrogen-bond acceptors (Lipinski definition) is 6. The number of halogens is 3. The minimum atomic E-state index is -1.10. The Morgan fingerprint density at radius 2 is 1.79 bits per heavy atom. The molecule has 11 heteroatoms. The first-order valence-electron chi connectivity index (χ1n) is 11.0. The lowest BCUT2D eigenvalue weighted by atomic mass is 10.2. The van der Waals surface area contributed by atoms with E-state index in [9.17, 15) is 22.5 Å². The average molecular weight is 485 g/mol. The van der Waals surface area contributed by atoms with E-state index in [-0.39, 0.29) is 23.1 Å². The lowest BCUT2D eigenvalue weighted by Gasteiger charge is -2.37. The van der Waals surface area contributed by atoms with Crippen LogP contribution in [0, 0.1) is 11.6 Å². The number of piperazine rings is 1. The summed E-state index contributed by atoms with van der Waals surface area (Å²) in [5.74, 6) is -1.70. The molecule has 2 fully saturated rings. The molecule has 1 aromatic heterocycles. The summed E-state index contributed by atoms with van der Waals surface area (Å²) in [5, 5.41) is 4.14. The third-order valence-corrected chi connectivity index (χ3v) is 7.53. The van der Waals surface area contributed by atoms with E-state index >= 15 is 0 Å². The van der Waals surface area contributed by atoms with E-state index in [1.165, 1.54) is 6.20 Å². The van der Waals surface area contributed by atoms with E-state index in [0.717, 1.165) is 16.8 Å². The summed E-state index contributed by atoms with van der Waals surface area (Å²) in [7, 11) is 0. The van der Waals surface area contributed by atoms with Crippen LogP contribution in [0.4, 0.5) is 18.9 Å². The summed E-state index contributed by atoms with van der Waals surface area (Å²) in [4.78, 5) is 15.3. The lowest BCUT2D eigenvalue weighted by Crippen LogP contribution is -2.50. The molecule has 0 radical (unpaired) electrons. The molecule has 1 saturated heterocycles. The van der Waals surface area contributed by atoms with Gasteiger partial charge in [-0.2, -0.15) is 9.78 Å². The third-order valence-electron chi connectivity index (χ3n) is 5.85. The maximum Gasteiger partial charge on any atom is 0.316 e. The van der Waals surface area contributed by atoms with Crippen LogP contribution in [0.25, 0.3) is 5.69 Å². The molecule has 2 heterocycles. The number of alkyl halides is 1. The van der Waals surface area contributed by atoms with Crippen LogP contribution in [0.5, 0.6) is 5.75 Å². The quantitative estimate of drug-likeness (QED) is 0.587. The van der Waals surface area contributed by atoms with Gasteiger partial charge in [-0.3, -0.25) is 4.79 Å². The first-order valence-corrected chi connectivity index (χ1v) is 12.2. The highest BCUT2D eigenvalue weighted by Gasteiger charge is 2.32. The first-order chi connectivity index (χ1) is 15.7. The van der Waals surface area contributed by atoms with E-state index < -0.39 is 40.8 Å². The minimum absolute atomic E-state index is 0.00344. The number of nitrogens with zero attached hydrogens (tertiary/aromatic N) is 4. The smallest absolute Gasteiger partial charge is 0.316 e. The zero-order valence-electron chi connectivity index (χ0n) is 18.5. The zero-order chi connectivity index (χ0) is 23.7. The predicted octanol–water partition coefficient (Wildman–Crippen LogP) is 2.97. The summed E-state index contributed by atoms with van der Waals surface area (Å²) in [6, 6.07) is 2.73. The van der Waals surface area contributed by atoms with E-state index in [1.807, 2.05) is 23.1 Å². The molecule has 33 heavy (non-hydrogen) atoms. The standard InChI is InChI=1S/C22H27F3N4O3S/c1-14(2)33(31)28-7-5-27(6-8-28)20-13-26-29(18-10-16(24)9-17(25)11-18)22(30)21(20)32-19-4-3-15(23)12-19/h9-11,13-15,19H,3-8,12H2,1-2H3/t15?,19?,33-/m1/s1.